The number of esters is 3. The van der Waals surface area contributed by atoms with Crippen molar-refractivity contribution >= 4 is 72.3 Å². The van der Waals surface area contributed by atoms with E-state index in [0.717, 1.165) is 132 Å². The third-order valence-corrected chi connectivity index (χ3v) is 30.0. The van der Waals surface area contributed by atoms with Crippen molar-refractivity contribution in [1.29, 1.82) is 0 Å². The fraction of sp³-hybridized carbons (Fsp3) is 0.719. The van der Waals surface area contributed by atoms with E-state index in [9.17, 15) is 47.9 Å². The second-order valence-electron chi connectivity index (χ2n) is 40.9. The number of nitrogens with two attached hydrogens (primary N) is 2. The second-order valence-corrected chi connectivity index (χ2v) is 40.9. The summed E-state index contributed by atoms with van der Waals surface area (Å²) in [6.07, 6.45) is 39.8. The first kappa shape index (κ1) is 100. The summed E-state index contributed by atoms with van der Waals surface area (Å²) < 4.78 is 41.4. The van der Waals surface area contributed by atoms with E-state index in [0.29, 0.717) is 90.6 Å². The van der Waals surface area contributed by atoms with Gasteiger partial charge in [0, 0.05) is 92.4 Å². The van der Waals surface area contributed by atoms with E-state index in [1.54, 1.807) is 28.3 Å². The minimum absolute atomic E-state index is 0. The van der Waals surface area contributed by atoms with Gasteiger partial charge in [0.15, 0.2) is 17.4 Å². The smallest absolute Gasteiger partial charge is 0.353 e. The number of hydrogen-bond acceptors (Lipinski definition) is 23. The first-order valence-corrected chi connectivity index (χ1v) is 46.6. The maximum absolute atomic E-state index is 14.2. The van der Waals surface area contributed by atoms with E-state index in [4.69, 9.17) is 44.9 Å². The summed E-state index contributed by atoms with van der Waals surface area (Å²) >= 11 is 0. The summed E-state index contributed by atoms with van der Waals surface area (Å²) in [5, 5.41) is 0. The van der Waals surface area contributed by atoms with Crippen molar-refractivity contribution < 1.29 is 127 Å². The standard InChI is InChI=1S/C33H44N3O5.C32H45N4O5.C31H44N5O6.3V/c1-5-22-26(19-37)36-18-29(22)40-27-16-30-34-11-12-35(30)17-20(27)9-7-6-8-10-23-24-13-21(24)14-28(23)41-31(38)15-25(32(36)39)33(2,3)4;1-5-20-25(18-37)36-17-28(20)40-27-16-34-29(11-12-33)35-24(27)10-8-6-7-9-21-22-13-19(22)14-26(21)41-30(38)15-23(31(36)39)32(2,3)4;1-5-19-23(17-37)36-16-25(19)42-30-34-26(10-11-32)33-29(40)35(30)12-8-6-7-9-20-21-13-18(21)14-24(20)41-27(38)15-22(28(36)39)31(2,3)4;;;/h11-12,16-17,21-26,28-29H,5-10,13-15,18H2,1-4H3;11-12,16,19-23,25-26,28H,5-10,13-15,17,33H2,1-4H3;10-11,18-25H,5-9,12-16,32H2,1-4H3;;;/q3*-1;;;/t21?,22-,23+,24?,25+,26+,28+,29-;19?,20-,21+,22?,23+,25+,26+,28-;18?,19-,20+,21?,22+,23+,24+,25-;;;/m000.../s1. The van der Waals surface area contributed by atoms with Gasteiger partial charge in [-0.25, -0.2) is 43.2 Å². The van der Waals surface area contributed by atoms with Gasteiger partial charge in [-0.3, -0.25) is 28.8 Å². The van der Waals surface area contributed by atoms with Gasteiger partial charge in [0.25, 0.3) is 0 Å². The van der Waals surface area contributed by atoms with Crippen molar-refractivity contribution in [3.63, 3.8) is 0 Å². The first-order chi connectivity index (χ1) is 59.4. The Bertz CT molecular complexity index is 4660. The Morgan fingerprint density at radius 2 is 0.866 bits per heavy atom. The Kier molecular flexibility index (Phi) is 33.8. The summed E-state index contributed by atoms with van der Waals surface area (Å²) in [5.41, 5.74) is 11.8. The molecule has 3 radical (unpaired) electrons. The molecule has 6 saturated carbocycles. The van der Waals surface area contributed by atoms with Gasteiger partial charge in [0.1, 0.15) is 48.0 Å². The molecule has 0 aromatic carbocycles. The van der Waals surface area contributed by atoms with Crippen LogP contribution in [0, 0.1) is 105 Å². The molecule has 3 amide bonds. The number of carbonyl (C=O) groups excluding carboxylic acids is 9. The third kappa shape index (κ3) is 22.9. The van der Waals surface area contributed by atoms with Crippen LogP contribution in [-0.2, 0) is 132 Å². The van der Waals surface area contributed by atoms with Gasteiger partial charge in [-0.2, -0.15) is 9.97 Å². The Morgan fingerprint density at radius 3 is 1.28 bits per heavy atom. The molecule has 4 aromatic rings. The van der Waals surface area contributed by atoms with Crippen LogP contribution in [0.1, 0.15) is 260 Å². The van der Waals surface area contributed by atoms with Crippen LogP contribution in [0.2, 0.25) is 0 Å². The Hall–Kier alpha value is -7.36. The molecule has 12 aliphatic rings. The largest absolute Gasteiger partial charge is 0.540 e. The number of rotatable bonds is 8. The van der Waals surface area contributed by atoms with E-state index in [1.165, 1.54) is 47.2 Å². The van der Waals surface area contributed by atoms with Crippen LogP contribution >= 0.6 is 0 Å². The zero-order chi connectivity index (χ0) is 88.4. The summed E-state index contributed by atoms with van der Waals surface area (Å²) in [6, 6.07) is -0.248. The molecule has 16 rings (SSSR count). The summed E-state index contributed by atoms with van der Waals surface area (Å²) in [4.78, 5) is 159. The molecule has 127 heavy (non-hydrogen) atoms. The van der Waals surface area contributed by atoms with Crippen molar-refractivity contribution in [2.75, 3.05) is 19.6 Å². The van der Waals surface area contributed by atoms with Crippen LogP contribution in [0.3, 0.4) is 0 Å². The molecule has 6 aliphatic carbocycles. The number of imidazole rings is 1. The zero-order valence-corrected chi connectivity index (χ0v) is 80.5. The number of aryl methyl sites for hydroxylation is 2. The molecule has 4 N–H and O–H groups in total. The van der Waals surface area contributed by atoms with Gasteiger partial charge in [0.2, 0.25) is 17.7 Å². The number of pyridine rings is 1. The summed E-state index contributed by atoms with van der Waals surface area (Å²) in [5.74, 6) is 2.66. The van der Waals surface area contributed by atoms with Crippen molar-refractivity contribution in [2.24, 2.45) is 116 Å². The van der Waals surface area contributed by atoms with Crippen LogP contribution in [0.15, 0.2) is 48.0 Å². The van der Waals surface area contributed by atoms with E-state index in [-0.39, 0.29) is 184 Å². The van der Waals surface area contributed by atoms with Crippen LogP contribution < -0.4 is 31.4 Å². The fourth-order valence-electron chi connectivity index (χ4n) is 22.7. The van der Waals surface area contributed by atoms with Gasteiger partial charge in [-0.05, 0) is 202 Å². The molecule has 31 heteroatoms. The number of aromatic nitrogens is 7. The van der Waals surface area contributed by atoms with Crippen molar-refractivity contribution in [1.82, 2.24) is 48.6 Å². The van der Waals surface area contributed by atoms with Crippen LogP contribution in [-0.4, -0.2) is 177 Å². The van der Waals surface area contributed by atoms with Crippen molar-refractivity contribution in [3.05, 3.63) is 76.6 Å². The van der Waals surface area contributed by atoms with E-state index in [2.05, 4.69) is 45.0 Å². The molecule has 3 saturated heterocycles. The van der Waals surface area contributed by atoms with Crippen LogP contribution in [0.5, 0.6) is 17.5 Å². The quantitative estimate of drug-likeness (QED) is 0.0940. The predicted octanol–water partition coefficient (Wildman–Crippen LogP) is 12.3. The molecule has 691 valence electrons. The average Bonchev–Trinajstić information content (AvgIpc) is 1.61. The van der Waals surface area contributed by atoms with Gasteiger partial charge in [0.05, 0.1) is 68.5 Å². The molecule has 6 bridgehead atoms. The molecular formula is C96H133N12O16V3-3. The average molecular weight is 1860 g/mol. The predicted molar refractivity (Wildman–Crippen MR) is 462 cm³/mol. The van der Waals surface area contributed by atoms with Crippen molar-refractivity contribution in [3.8, 4) is 17.5 Å². The van der Waals surface area contributed by atoms with Gasteiger partial charge < -0.3 is 73.4 Å². The first-order valence-electron chi connectivity index (χ1n) is 46.6. The van der Waals surface area contributed by atoms with E-state index in [1.807, 2.05) is 99.7 Å². The van der Waals surface area contributed by atoms with E-state index >= 15 is 0 Å². The summed E-state index contributed by atoms with van der Waals surface area (Å²) in [7, 11) is 0. The van der Waals surface area contributed by atoms with Crippen LogP contribution in [0.25, 0.3) is 17.8 Å². The maximum atomic E-state index is 14.2. The molecular weight excluding hydrogens is 1730 g/mol. The Labute approximate surface area is 784 Å². The number of nitrogens with zero attached hydrogens (tertiary/aromatic N) is 10. The minimum Gasteiger partial charge on any atom is -0.540 e. The van der Waals surface area contributed by atoms with Gasteiger partial charge in [-0.15, -0.1) is 0 Å². The third-order valence-electron chi connectivity index (χ3n) is 30.0. The fourth-order valence-corrected chi connectivity index (χ4v) is 22.7. The number of fused-ring (bicyclic) bond motifs is 19. The molecule has 0 spiro atoms. The molecule has 24 atom stereocenters. The molecule has 28 nitrogen and oxygen atoms in total. The number of hydrogen-bond donors (Lipinski definition) is 2. The molecule has 6 unspecified atom stereocenters. The Balaban J connectivity index is 0.000000183. The topological polar surface area (TPSA) is 362 Å². The Morgan fingerprint density at radius 1 is 0.457 bits per heavy atom. The van der Waals surface area contributed by atoms with E-state index < -0.39 is 70.0 Å². The SMILES string of the molecule is CC[C@@H]1[C@@H]2CN(C(=O)[C@H](C(C)(C)C)CC(=O)O[C@@H]3CC4CC4[C@H]3CCCCCc3cn4ccnc4cc3O2)[C@@H]1[C-]=O.CC[C@@H]1[C@@H]2CN(C(=O)[C@H](C(C)(C)C)CC(=O)O[C@@H]3CC4CC4[C@H]3CCCCCc3nc(C=CN)ncc3O2)[C@@H]1[C-]=O.CC[C@@H]1[C@@H]2CN(C(=O)[C@H](C(C)(C)C)CC(=O)O[C@@H]3CC4CC4[C@H]3CCCCCn3c(nc(C=CN)nc3=O)O2)[C@@H]1[C-]=O.[V].[V].[V]. The molecule has 10 heterocycles. The summed E-state index contributed by atoms with van der Waals surface area (Å²) in [6.45, 7) is 24.5. The number of carbonyl (C=O) groups is 6. The van der Waals surface area contributed by atoms with Crippen molar-refractivity contribution in [2.45, 2.75) is 311 Å². The monoisotopic (exact) mass is 1860 g/mol. The molecule has 6 aliphatic heterocycles. The molecule has 4 aromatic heterocycles. The van der Waals surface area contributed by atoms with Crippen LogP contribution in [0.4, 0.5) is 0 Å². The minimum atomic E-state index is -0.854. The van der Waals surface area contributed by atoms with Gasteiger partial charge >= 0.3 is 29.6 Å². The molecule has 9 fully saturated rings. The number of amides is 3. The number of ether oxygens (including phenoxy) is 6. The van der Waals surface area contributed by atoms with Gasteiger partial charge in [-0.1, -0.05) is 159 Å². The zero-order valence-electron chi connectivity index (χ0n) is 76.3. The second kappa shape index (κ2) is 42.9. The maximum Gasteiger partial charge on any atom is 0.353 e. The normalized spacial score (nSPS) is 33.6.